The van der Waals surface area contributed by atoms with Gasteiger partial charge in [0.25, 0.3) is 5.91 Å². The van der Waals surface area contributed by atoms with Crippen LogP contribution in [0.3, 0.4) is 0 Å². The minimum absolute atomic E-state index is 0.0903. The van der Waals surface area contributed by atoms with Crippen LogP contribution in [0.4, 0.5) is 18.9 Å². The summed E-state index contributed by atoms with van der Waals surface area (Å²) in [6, 6.07) is 9.83. The van der Waals surface area contributed by atoms with Crippen molar-refractivity contribution in [3.63, 3.8) is 0 Å². The Morgan fingerprint density at radius 3 is 2.39 bits per heavy atom. The van der Waals surface area contributed by atoms with E-state index in [1.165, 1.54) is 18.2 Å². The molecule has 0 saturated carbocycles. The van der Waals surface area contributed by atoms with Crippen LogP contribution >= 0.6 is 0 Å². The van der Waals surface area contributed by atoms with Crippen LogP contribution in [0.25, 0.3) is 0 Å². The second kappa shape index (κ2) is 6.83. The molecular weight excluding hydrogens is 365 g/mol. The summed E-state index contributed by atoms with van der Waals surface area (Å²) in [7, 11) is 0. The molecule has 28 heavy (non-hydrogen) atoms. The molecule has 0 bridgehead atoms. The van der Waals surface area contributed by atoms with E-state index in [0.29, 0.717) is 13.1 Å². The third-order valence-corrected chi connectivity index (χ3v) is 5.99. The van der Waals surface area contributed by atoms with Crippen LogP contribution in [0, 0.1) is 23.4 Å². The zero-order valence-corrected chi connectivity index (χ0v) is 16.0. The van der Waals surface area contributed by atoms with Gasteiger partial charge in [-0.05, 0) is 69.0 Å². The fourth-order valence-corrected chi connectivity index (χ4v) is 4.91. The number of nitrogens with zero attached hydrogens (tertiary/aromatic N) is 2. The number of likely N-dealkylation sites (tertiary alicyclic amines) is 1. The van der Waals surface area contributed by atoms with Gasteiger partial charge in [-0.3, -0.25) is 4.79 Å². The number of hydrogen-bond donors (Lipinski definition) is 0. The standard InChI is InChI=1S/C22H23F3N2O/c1-22(2)12-14-13-26(21(28)18-8-5-16(24)11-19(18)25)10-9-20(14)27(22)17-6-3-15(23)4-7-17/h3-8,11,14,20H,9-10,12-13H2,1-2H3/t14-,20+/m1/s1. The third-order valence-electron chi connectivity index (χ3n) is 5.99. The fourth-order valence-electron chi connectivity index (χ4n) is 4.91. The Morgan fingerprint density at radius 2 is 1.71 bits per heavy atom. The van der Waals surface area contributed by atoms with E-state index in [1.807, 2.05) is 0 Å². The lowest BCUT2D eigenvalue weighted by Crippen LogP contribution is -2.50. The molecule has 0 radical (unpaired) electrons. The molecule has 6 heteroatoms. The van der Waals surface area contributed by atoms with Gasteiger partial charge in [0.1, 0.15) is 17.5 Å². The average molecular weight is 388 g/mol. The normalized spacial score (nSPS) is 23.6. The van der Waals surface area contributed by atoms with Gasteiger partial charge in [-0.15, -0.1) is 0 Å². The molecule has 2 saturated heterocycles. The molecule has 148 valence electrons. The predicted molar refractivity (Wildman–Crippen MR) is 102 cm³/mol. The van der Waals surface area contributed by atoms with Crippen molar-refractivity contribution >= 4 is 11.6 Å². The molecule has 4 rings (SSSR count). The van der Waals surface area contributed by atoms with Crippen molar-refractivity contribution in [1.29, 1.82) is 0 Å². The molecule has 2 aliphatic heterocycles. The van der Waals surface area contributed by atoms with E-state index in [1.54, 1.807) is 17.0 Å². The van der Waals surface area contributed by atoms with Crippen molar-refractivity contribution in [2.45, 2.75) is 38.3 Å². The van der Waals surface area contributed by atoms with E-state index in [4.69, 9.17) is 0 Å². The van der Waals surface area contributed by atoms with Gasteiger partial charge in [0.15, 0.2) is 0 Å². The molecule has 3 nitrogen and oxygen atoms in total. The van der Waals surface area contributed by atoms with E-state index in [2.05, 4.69) is 18.7 Å². The molecular formula is C22H23F3N2O. The lowest BCUT2D eigenvalue weighted by atomic mass is 9.89. The van der Waals surface area contributed by atoms with E-state index < -0.39 is 17.5 Å². The maximum Gasteiger partial charge on any atom is 0.256 e. The van der Waals surface area contributed by atoms with E-state index >= 15 is 0 Å². The molecule has 2 aliphatic rings. The number of anilines is 1. The number of piperidine rings is 1. The Morgan fingerprint density at radius 1 is 1.04 bits per heavy atom. The van der Waals surface area contributed by atoms with Gasteiger partial charge in [0, 0.05) is 36.4 Å². The maximum atomic E-state index is 14.0. The number of hydrogen-bond acceptors (Lipinski definition) is 2. The highest BCUT2D eigenvalue weighted by Gasteiger charge is 2.48. The Kier molecular flexibility index (Phi) is 4.60. The fraction of sp³-hybridized carbons (Fsp3) is 0.409. The van der Waals surface area contributed by atoms with Crippen LogP contribution < -0.4 is 4.90 Å². The summed E-state index contributed by atoms with van der Waals surface area (Å²) in [5, 5.41) is 0. The van der Waals surface area contributed by atoms with Gasteiger partial charge in [-0.1, -0.05) is 0 Å². The van der Waals surface area contributed by atoms with Crippen molar-refractivity contribution in [3.05, 3.63) is 65.5 Å². The Hall–Kier alpha value is -2.50. The van der Waals surface area contributed by atoms with Crippen molar-refractivity contribution in [2.75, 3.05) is 18.0 Å². The van der Waals surface area contributed by atoms with Crippen molar-refractivity contribution in [1.82, 2.24) is 4.90 Å². The lowest BCUT2D eigenvalue weighted by molar-refractivity contribution is 0.0662. The first-order valence-electron chi connectivity index (χ1n) is 9.55. The second-order valence-corrected chi connectivity index (χ2v) is 8.35. The highest BCUT2D eigenvalue weighted by atomic mass is 19.1. The quantitative estimate of drug-likeness (QED) is 0.749. The molecule has 0 spiro atoms. The van der Waals surface area contributed by atoms with Gasteiger partial charge >= 0.3 is 0 Å². The zero-order chi connectivity index (χ0) is 20.1. The second-order valence-electron chi connectivity index (χ2n) is 8.35. The smallest absolute Gasteiger partial charge is 0.256 e. The Balaban J connectivity index is 1.55. The van der Waals surface area contributed by atoms with Gasteiger partial charge in [-0.25, -0.2) is 13.2 Å². The molecule has 2 heterocycles. The van der Waals surface area contributed by atoms with Gasteiger partial charge in [0.05, 0.1) is 5.56 Å². The topological polar surface area (TPSA) is 23.6 Å². The molecule has 1 amide bonds. The summed E-state index contributed by atoms with van der Waals surface area (Å²) in [4.78, 5) is 16.8. The average Bonchev–Trinajstić information content (AvgIpc) is 2.91. The lowest BCUT2D eigenvalue weighted by Gasteiger charge is -2.42. The predicted octanol–water partition coefficient (Wildman–Crippen LogP) is 4.62. The highest BCUT2D eigenvalue weighted by molar-refractivity contribution is 5.94. The van der Waals surface area contributed by atoms with Crippen LogP contribution in [-0.2, 0) is 0 Å². The van der Waals surface area contributed by atoms with Crippen molar-refractivity contribution < 1.29 is 18.0 Å². The molecule has 0 aromatic heterocycles. The number of halogens is 3. The van der Waals surface area contributed by atoms with E-state index in [-0.39, 0.29) is 28.9 Å². The van der Waals surface area contributed by atoms with Crippen LogP contribution in [0.15, 0.2) is 42.5 Å². The zero-order valence-electron chi connectivity index (χ0n) is 16.0. The Bertz CT molecular complexity index is 897. The summed E-state index contributed by atoms with van der Waals surface area (Å²) in [5.74, 6) is -1.94. The number of carbonyl (C=O) groups is 1. The Labute approximate surface area is 162 Å². The number of rotatable bonds is 2. The molecule has 0 aliphatic carbocycles. The number of fused-ring (bicyclic) bond motifs is 1. The maximum absolute atomic E-state index is 14.0. The van der Waals surface area contributed by atoms with Crippen LogP contribution in [-0.4, -0.2) is 35.5 Å². The first-order valence-corrected chi connectivity index (χ1v) is 9.55. The minimum atomic E-state index is -0.827. The monoisotopic (exact) mass is 388 g/mol. The minimum Gasteiger partial charge on any atom is -0.363 e. The van der Waals surface area contributed by atoms with Gasteiger partial charge in [-0.2, -0.15) is 0 Å². The molecule has 2 atom stereocenters. The molecule has 2 fully saturated rings. The number of amides is 1. The summed E-state index contributed by atoms with van der Waals surface area (Å²) >= 11 is 0. The summed E-state index contributed by atoms with van der Waals surface area (Å²) in [6.45, 7) is 5.34. The van der Waals surface area contributed by atoms with Crippen molar-refractivity contribution in [2.24, 2.45) is 5.92 Å². The van der Waals surface area contributed by atoms with Crippen molar-refractivity contribution in [3.8, 4) is 0 Å². The number of benzene rings is 2. The summed E-state index contributed by atoms with van der Waals surface area (Å²) in [5.41, 5.74) is 0.753. The first-order chi connectivity index (χ1) is 13.3. The summed E-state index contributed by atoms with van der Waals surface area (Å²) < 4.78 is 40.5. The van der Waals surface area contributed by atoms with E-state index in [0.717, 1.165) is 30.7 Å². The highest BCUT2D eigenvalue weighted by Crippen LogP contribution is 2.44. The number of carbonyl (C=O) groups excluding carboxylic acids is 1. The molecule has 0 unspecified atom stereocenters. The summed E-state index contributed by atoms with van der Waals surface area (Å²) in [6.07, 6.45) is 1.63. The van der Waals surface area contributed by atoms with Crippen LogP contribution in [0.2, 0.25) is 0 Å². The van der Waals surface area contributed by atoms with Crippen LogP contribution in [0.1, 0.15) is 37.0 Å². The molecule has 2 aromatic rings. The van der Waals surface area contributed by atoms with Crippen LogP contribution in [0.5, 0.6) is 0 Å². The van der Waals surface area contributed by atoms with Gasteiger partial charge < -0.3 is 9.80 Å². The van der Waals surface area contributed by atoms with E-state index in [9.17, 15) is 18.0 Å². The third kappa shape index (κ3) is 3.25. The molecule has 2 aromatic carbocycles. The largest absolute Gasteiger partial charge is 0.363 e. The first kappa shape index (κ1) is 18.8. The SMILES string of the molecule is CC1(C)C[C@@H]2CN(C(=O)c3ccc(F)cc3F)CC[C@@H]2N1c1ccc(F)cc1. The molecule has 0 N–H and O–H groups in total. The van der Waals surface area contributed by atoms with Gasteiger partial charge in [0.2, 0.25) is 0 Å².